The summed E-state index contributed by atoms with van der Waals surface area (Å²) in [6.07, 6.45) is 0.0410. The van der Waals surface area contributed by atoms with Gasteiger partial charge in [-0.15, -0.1) is 11.3 Å². The van der Waals surface area contributed by atoms with E-state index in [4.69, 9.17) is 5.11 Å². The minimum absolute atomic E-state index is 0.0410. The monoisotopic (exact) mass is 240 g/mol. The van der Waals surface area contributed by atoms with Gasteiger partial charge in [-0.3, -0.25) is 9.59 Å². The van der Waals surface area contributed by atoms with Gasteiger partial charge in [0.1, 0.15) is 0 Å². The van der Waals surface area contributed by atoms with Gasteiger partial charge in [-0.25, -0.2) is 0 Å². The molecule has 0 bridgehead atoms. The summed E-state index contributed by atoms with van der Waals surface area (Å²) < 4.78 is 0. The smallest absolute Gasteiger partial charge is 0.309 e. The fraction of sp³-hybridized carbons (Fsp3) is 0.500. The van der Waals surface area contributed by atoms with Crippen molar-refractivity contribution in [3.8, 4) is 0 Å². The highest BCUT2D eigenvalue weighted by Crippen LogP contribution is 2.27. The van der Waals surface area contributed by atoms with E-state index in [0.29, 0.717) is 5.56 Å². The number of Topliss-reactive ketones (excluding diaryl/α,β-unsaturated/α-hetero) is 1. The molecule has 4 heteroatoms. The number of hydrogen-bond acceptors (Lipinski definition) is 3. The lowest BCUT2D eigenvalue weighted by atomic mass is 9.86. The molecule has 0 unspecified atom stereocenters. The number of rotatable bonds is 4. The lowest BCUT2D eigenvalue weighted by Crippen LogP contribution is -2.27. The Morgan fingerprint density at radius 1 is 1.38 bits per heavy atom. The average molecular weight is 240 g/mol. The molecule has 0 radical (unpaired) electrons. The van der Waals surface area contributed by atoms with Crippen molar-refractivity contribution in [2.24, 2.45) is 5.41 Å². The third-order valence-corrected chi connectivity index (χ3v) is 3.49. The number of thiophene rings is 1. The molecule has 0 fully saturated rings. The van der Waals surface area contributed by atoms with Crippen LogP contribution in [0.4, 0.5) is 0 Å². The van der Waals surface area contributed by atoms with Crippen LogP contribution < -0.4 is 0 Å². The van der Waals surface area contributed by atoms with Gasteiger partial charge < -0.3 is 5.11 Å². The van der Waals surface area contributed by atoms with E-state index in [1.54, 1.807) is 25.2 Å². The number of hydrogen-bond donors (Lipinski definition) is 1. The number of aryl methyl sites for hydroxylation is 2. The molecule has 0 atom stereocenters. The van der Waals surface area contributed by atoms with Gasteiger partial charge in [0.25, 0.3) is 0 Å². The van der Waals surface area contributed by atoms with Crippen LogP contribution in [-0.4, -0.2) is 16.9 Å². The van der Waals surface area contributed by atoms with Gasteiger partial charge in [0, 0.05) is 21.7 Å². The molecule has 0 spiro atoms. The van der Waals surface area contributed by atoms with Crippen molar-refractivity contribution >= 4 is 23.1 Å². The Labute approximate surface area is 99.1 Å². The predicted octanol–water partition coefficient (Wildman–Crippen LogP) is 3.05. The van der Waals surface area contributed by atoms with Crippen LogP contribution in [0.3, 0.4) is 0 Å². The molecule has 0 saturated heterocycles. The third-order valence-electron chi connectivity index (χ3n) is 2.52. The van der Waals surface area contributed by atoms with Crippen LogP contribution in [0.25, 0.3) is 0 Å². The molecule has 0 aromatic carbocycles. The van der Waals surface area contributed by atoms with Gasteiger partial charge in [-0.1, -0.05) is 0 Å². The van der Waals surface area contributed by atoms with Crippen molar-refractivity contribution < 1.29 is 14.7 Å². The number of ketones is 1. The van der Waals surface area contributed by atoms with Crippen LogP contribution in [0.1, 0.15) is 40.4 Å². The van der Waals surface area contributed by atoms with E-state index in [1.165, 1.54) is 0 Å². The Morgan fingerprint density at radius 2 is 1.94 bits per heavy atom. The lowest BCUT2D eigenvalue weighted by Gasteiger charge is -2.17. The van der Waals surface area contributed by atoms with Gasteiger partial charge in [0.15, 0.2) is 5.78 Å². The molecule has 0 saturated carbocycles. The predicted molar refractivity (Wildman–Crippen MR) is 64.2 cm³/mol. The first kappa shape index (κ1) is 12.9. The standard InChI is InChI=1S/C12H16O3S/c1-7-5-9(8(2)16-7)10(13)6-12(3,4)11(14)15/h5H,6H2,1-4H3,(H,14,15). The van der Waals surface area contributed by atoms with Gasteiger partial charge in [-0.05, 0) is 33.8 Å². The summed E-state index contributed by atoms with van der Waals surface area (Å²) >= 11 is 1.56. The van der Waals surface area contributed by atoms with Crippen molar-refractivity contribution in [3.05, 3.63) is 21.4 Å². The quantitative estimate of drug-likeness (QED) is 0.823. The molecule has 1 heterocycles. The van der Waals surface area contributed by atoms with Gasteiger partial charge in [0.2, 0.25) is 0 Å². The van der Waals surface area contributed by atoms with Crippen molar-refractivity contribution in [3.63, 3.8) is 0 Å². The highest BCUT2D eigenvalue weighted by atomic mass is 32.1. The molecule has 1 N–H and O–H groups in total. The van der Waals surface area contributed by atoms with Gasteiger partial charge in [-0.2, -0.15) is 0 Å². The second-order valence-electron chi connectivity index (χ2n) is 4.62. The Morgan fingerprint density at radius 3 is 2.31 bits per heavy atom. The van der Waals surface area contributed by atoms with Crippen LogP contribution in [0, 0.1) is 19.3 Å². The Hall–Kier alpha value is -1.16. The molecule has 0 amide bonds. The van der Waals surface area contributed by atoms with E-state index in [1.807, 2.05) is 19.9 Å². The van der Waals surface area contributed by atoms with Gasteiger partial charge in [0.05, 0.1) is 5.41 Å². The van der Waals surface area contributed by atoms with Crippen molar-refractivity contribution in [1.82, 2.24) is 0 Å². The zero-order valence-electron chi connectivity index (χ0n) is 9.96. The maximum atomic E-state index is 11.9. The lowest BCUT2D eigenvalue weighted by molar-refractivity contribution is -0.146. The summed E-state index contributed by atoms with van der Waals surface area (Å²) in [6.45, 7) is 6.97. The number of aliphatic carboxylic acids is 1. The largest absolute Gasteiger partial charge is 0.481 e. The molecule has 16 heavy (non-hydrogen) atoms. The number of carboxylic acids is 1. The van der Waals surface area contributed by atoms with Crippen molar-refractivity contribution in [2.45, 2.75) is 34.1 Å². The molecule has 0 aliphatic heterocycles. The summed E-state index contributed by atoms with van der Waals surface area (Å²) in [6, 6.07) is 1.83. The summed E-state index contributed by atoms with van der Waals surface area (Å²) in [4.78, 5) is 24.9. The zero-order chi connectivity index (χ0) is 12.5. The van der Waals surface area contributed by atoms with Crippen molar-refractivity contribution in [2.75, 3.05) is 0 Å². The first-order valence-electron chi connectivity index (χ1n) is 5.07. The van der Waals surface area contributed by atoms with E-state index in [9.17, 15) is 9.59 Å². The van der Waals surface area contributed by atoms with E-state index in [2.05, 4.69) is 0 Å². The number of carboxylic acid groups (broad SMARTS) is 1. The maximum absolute atomic E-state index is 11.9. The van der Waals surface area contributed by atoms with Crippen molar-refractivity contribution in [1.29, 1.82) is 0 Å². The topological polar surface area (TPSA) is 54.4 Å². The Kier molecular flexibility index (Phi) is 3.53. The fourth-order valence-corrected chi connectivity index (χ4v) is 2.42. The molecule has 1 rings (SSSR count). The van der Waals surface area contributed by atoms with Crippen LogP contribution in [0.5, 0.6) is 0 Å². The fourth-order valence-electron chi connectivity index (χ4n) is 1.48. The van der Waals surface area contributed by atoms with Crippen LogP contribution >= 0.6 is 11.3 Å². The minimum atomic E-state index is -1.00. The molecule has 0 aliphatic rings. The highest BCUT2D eigenvalue weighted by molar-refractivity contribution is 7.12. The molecular weight excluding hydrogens is 224 g/mol. The summed E-state index contributed by atoms with van der Waals surface area (Å²) in [5.74, 6) is -1.03. The van der Waals surface area contributed by atoms with E-state index in [0.717, 1.165) is 9.75 Å². The number of carbonyl (C=O) groups is 2. The van der Waals surface area contributed by atoms with E-state index < -0.39 is 11.4 Å². The first-order chi connectivity index (χ1) is 7.24. The maximum Gasteiger partial charge on any atom is 0.309 e. The molecule has 88 valence electrons. The summed E-state index contributed by atoms with van der Waals surface area (Å²) in [7, 11) is 0. The van der Waals surface area contributed by atoms with Gasteiger partial charge >= 0.3 is 5.97 Å². The molecule has 1 aromatic heterocycles. The zero-order valence-corrected chi connectivity index (χ0v) is 10.8. The highest BCUT2D eigenvalue weighted by Gasteiger charge is 2.31. The molecular formula is C12H16O3S. The van der Waals surface area contributed by atoms with Crippen LogP contribution in [0.15, 0.2) is 6.07 Å². The Bertz CT molecular complexity index is 429. The SMILES string of the molecule is Cc1cc(C(=O)CC(C)(C)C(=O)O)c(C)s1. The second kappa shape index (κ2) is 4.37. The average Bonchev–Trinajstić information content (AvgIpc) is 2.44. The number of carbonyl (C=O) groups excluding carboxylic acids is 1. The van der Waals surface area contributed by atoms with E-state index >= 15 is 0 Å². The molecule has 3 nitrogen and oxygen atoms in total. The molecule has 0 aliphatic carbocycles. The van der Waals surface area contributed by atoms with E-state index in [-0.39, 0.29) is 12.2 Å². The van der Waals surface area contributed by atoms with Crippen LogP contribution in [0.2, 0.25) is 0 Å². The summed E-state index contributed by atoms with van der Waals surface area (Å²) in [5.41, 5.74) is -0.337. The van der Waals surface area contributed by atoms with Crippen LogP contribution in [-0.2, 0) is 4.79 Å². The summed E-state index contributed by atoms with van der Waals surface area (Å²) in [5, 5.41) is 8.96. The Balaban J connectivity index is 2.89. The minimum Gasteiger partial charge on any atom is -0.481 e. The second-order valence-corrected chi connectivity index (χ2v) is 6.08. The first-order valence-corrected chi connectivity index (χ1v) is 5.89. The molecule has 1 aromatic rings. The third kappa shape index (κ3) is 2.70. The normalized spacial score (nSPS) is 11.5.